The average Bonchev–Trinajstić information content (AvgIpc) is 2.86. The predicted octanol–water partition coefficient (Wildman–Crippen LogP) is 9.52. The second-order valence-corrected chi connectivity index (χ2v) is 9.72. The number of unbranched alkanes of at least 4 members (excludes halogenated alkanes) is 2. The zero-order valence-corrected chi connectivity index (χ0v) is 19.7. The maximum Gasteiger partial charge on any atom is 0.136 e. The molecule has 2 atom stereocenters. The molecule has 0 aliphatic heterocycles. The lowest BCUT2D eigenvalue weighted by atomic mass is 9.76. The molecule has 3 aromatic rings. The summed E-state index contributed by atoms with van der Waals surface area (Å²) in [5.41, 5.74) is 3.80. The molecule has 0 heterocycles. The third-order valence-electron chi connectivity index (χ3n) is 7.47. The molecular formula is C31H36F2. The zero-order valence-electron chi connectivity index (χ0n) is 19.7. The number of halogens is 2. The van der Waals surface area contributed by atoms with E-state index in [1.165, 1.54) is 69.1 Å². The minimum Gasteiger partial charge on any atom is -0.241 e. The summed E-state index contributed by atoms with van der Waals surface area (Å²) in [6, 6.07) is 24.3. The monoisotopic (exact) mass is 446 g/mol. The topological polar surface area (TPSA) is 0 Å². The second kappa shape index (κ2) is 11.6. The van der Waals surface area contributed by atoms with Crippen LogP contribution in [-0.2, 0) is 0 Å². The number of hydrogen-bond donors (Lipinski definition) is 0. The molecule has 0 spiro atoms. The van der Waals surface area contributed by atoms with E-state index in [0.29, 0.717) is 11.5 Å². The van der Waals surface area contributed by atoms with Gasteiger partial charge in [-0.1, -0.05) is 99.3 Å². The van der Waals surface area contributed by atoms with Crippen molar-refractivity contribution in [1.82, 2.24) is 0 Å². The van der Waals surface area contributed by atoms with Crippen molar-refractivity contribution in [3.05, 3.63) is 107 Å². The van der Waals surface area contributed by atoms with Gasteiger partial charge in [0.1, 0.15) is 12.0 Å². The van der Waals surface area contributed by atoms with E-state index in [2.05, 4.69) is 31.2 Å². The van der Waals surface area contributed by atoms with Crippen molar-refractivity contribution in [3.63, 3.8) is 0 Å². The highest BCUT2D eigenvalue weighted by Crippen LogP contribution is 2.41. The molecule has 4 rings (SSSR count). The first kappa shape index (κ1) is 23.7. The highest BCUT2D eigenvalue weighted by atomic mass is 19.1. The van der Waals surface area contributed by atoms with Gasteiger partial charge in [0.2, 0.25) is 0 Å². The molecule has 33 heavy (non-hydrogen) atoms. The largest absolute Gasteiger partial charge is 0.241 e. The molecule has 0 N–H and O–H groups in total. The van der Waals surface area contributed by atoms with Gasteiger partial charge in [0.25, 0.3) is 0 Å². The van der Waals surface area contributed by atoms with E-state index < -0.39 is 12.1 Å². The van der Waals surface area contributed by atoms with Crippen LogP contribution in [0.4, 0.5) is 8.78 Å². The van der Waals surface area contributed by atoms with Crippen LogP contribution >= 0.6 is 0 Å². The molecule has 0 nitrogen and oxygen atoms in total. The van der Waals surface area contributed by atoms with Crippen LogP contribution in [0.25, 0.3) is 0 Å². The van der Waals surface area contributed by atoms with Crippen LogP contribution in [-0.4, -0.2) is 0 Å². The molecule has 1 aliphatic rings. The van der Waals surface area contributed by atoms with Crippen LogP contribution in [0.1, 0.15) is 98.6 Å². The molecule has 2 heteroatoms. The molecule has 1 saturated carbocycles. The SMILES string of the molecule is CCCCCC1CCC(c2ccc(C(c3ccccc3)C(F)c3ccc(F)cc3)cc2)CC1. The Hall–Kier alpha value is -2.48. The lowest BCUT2D eigenvalue weighted by molar-refractivity contribution is 0.302. The first-order valence-electron chi connectivity index (χ1n) is 12.7. The number of hydrogen-bond acceptors (Lipinski definition) is 0. The van der Waals surface area contributed by atoms with E-state index in [1.54, 1.807) is 12.1 Å². The minimum absolute atomic E-state index is 0.341. The fourth-order valence-corrected chi connectivity index (χ4v) is 5.47. The van der Waals surface area contributed by atoms with Crippen LogP contribution < -0.4 is 0 Å². The minimum atomic E-state index is -1.24. The first-order valence-corrected chi connectivity index (χ1v) is 12.7. The van der Waals surface area contributed by atoms with Crippen LogP contribution in [0.5, 0.6) is 0 Å². The average molecular weight is 447 g/mol. The number of alkyl halides is 1. The Labute approximate surface area is 198 Å². The quantitative estimate of drug-likeness (QED) is 0.287. The molecule has 3 aromatic carbocycles. The molecule has 0 amide bonds. The summed E-state index contributed by atoms with van der Waals surface area (Å²) >= 11 is 0. The maximum atomic E-state index is 15.8. The molecule has 1 aliphatic carbocycles. The smallest absolute Gasteiger partial charge is 0.136 e. The molecule has 0 saturated heterocycles. The first-order chi connectivity index (χ1) is 16.2. The van der Waals surface area contributed by atoms with Gasteiger partial charge >= 0.3 is 0 Å². The van der Waals surface area contributed by atoms with Gasteiger partial charge in [-0.3, -0.25) is 0 Å². The van der Waals surface area contributed by atoms with Gasteiger partial charge in [-0.05, 0) is 71.9 Å². The molecule has 0 aromatic heterocycles. The Bertz CT molecular complexity index is 954. The molecule has 174 valence electrons. The van der Waals surface area contributed by atoms with Crippen LogP contribution in [0.15, 0.2) is 78.9 Å². The predicted molar refractivity (Wildman–Crippen MR) is 134 cm³/mol. The van der Waals surface area contributed by atoms with Gasteiger partial charge in [0, 0.05) is 5.92 Å². The lowest BCUT2D eigenvalue weighted by Gasteiger charge is -2.29. The third-order valence-corrected chi connectivity index (χ3v) is 7.47. The van der Waals surface area contributed by atoms with Crippen molar-refractivity contribution in [2.45, 2.75) is 76.3 Å². The summed E-state index contributed by atoms with van der Waals surface area (Å²) in [5.74, 6) is 0.763. The van der Waals surface area contributed by atoms with Gasteiger partial charge in [-0.25, -0.2) is 8.78 Å². The van der Waals surface area contributed by atoms with Crippen molar-refractivity contribution in [2.75, 3.05) is 0 Å². The Morgan fingerprint density at radius 2 is 1.33 bits per heavy atom. The maximum absolute atomic E-state index is 15.8. The van der Waals surface area contributed by atoms with Crippen molar-refractivity contribution < 1.29 is 8.78 Å². The van der Waals surface area contributed by atoms with E-state index >= 15 is 4.39 Å². The Morgan fingerprint density at radius 1 is 0.727 bits per heavy atom. The van der Waals surface area contributed by atoms with E-state index in [1.807, 2.05) is 30.3 Å². The second-order valence-electron chi connectivity index (χ2n) is 9.72. The van der Waals surface area contributed by atoms with Crippen molar-refractivity contribution >= 4 is 0 Å². The van der Waals surface area contributed by atoms with Crippen LogP contribution in [0.3, 0.4) is 0 Å². The van der Waals surface area contributed by atoms with Gasteiger partial charge in [0.15, 0.2) is 0 Å². The van der Waals surface area contributed by atoms with Crippen molar-refractivity contribution in [1.29, 1.82) is 0 Å². The van der Waals surface area contributed by atoms with Crippen molar-refractivity contribution in [3.8, 4) is 0 Å². The highest BCUT2D eigenvalue weighted by molar-refractivity contribution is 5.39. The number of benzene rings is 3. The van der Waals surface area contributed by atoms with Crippen LogP contribution in [0.2, 0.25) is 0 Å². The summed E-state index contributed by atoms with van der Waals surface area (Å²) in [6.45, 7) is 2.27. The standard InChI is InChI=1S/C31H36F2/c1-2-3-5-8-23-11-13-24(14-12-23)25-15-17-27(18-16-25)30(26-9-6-4-7-10-26)31(33)28-19-21-29(32)22-20-28/h4,6-7,9-10,15-24,30-31H,2-3,5,8,11-14H2,1H3. The summed E-state index contributed by atoms with van der Waals surface area (Å²) in [5, 5.41) is 0. The Morgan fingerprint density at radius 3 is 1.97 bits per heavy atom. The van der Waals surface area contributed by atoms with Crippen molar-refractivity contribution in [2.24, 2.45) is 5.92 Å². The van der Waals surface area contributed by atoms with Gasteiger partial charge in [0.05, 0.1) is 0 Å². The molecule has 2 unspecified atom stereocenters. The fourth-order valence-electron chi connectivity index (χ4n) is 5.47. The number of rotatable bonds is 9. The zero-order chi connectivity index (χ0) is 23.0. The molecule has 1 fully saturated rings. The summed E-state index contributed by atoms with van der Waals surface area (Å²) in [4.78, 5) is 0. The van der Waals surface area contributed by atoms with E-state index in [9.17, 15) is 4.39 Å². The summed E-state index contributed by atoms with van der Waals surface area (Å²) < 4.78 is 29.2. The Kier molecular flexibility index (Phi) is 8.31. The summed E-state index contributed by atoms with van der Waals surface area (Å²) in [6.07, 6.45) is 9.37. The normalized spacial score (nSPS) is 20.3. The lowest BCUT2D eigenvalue weighted by Crippen LogP contribution is -2.14. The third kappa shape index (κ3) is 6.10. The van der Waals surface area contributed by atoms with Gasteiger partial charge in [-0.2, -0.15) is 0 Å². The molecule has 0 bridgehead atoms. The van der Waals surface area contributed by atoms with Gasteiger partial charge < -0.3 is 0 Å². The highest BCUT2D eigenvalue weighted by Gasteiger charge is 2.27. The van der Waals surface area contributed by atoms with Gasteiger partial charge in [-0.15, -0.1) is 0 Å². The summed E-state index contributed by atoms with van der Waals surface area (Å²) in [7, 11) is 0. The molecular weight excluding hydrogens is 410 g/mol. The van der Waals surface area contributed by atoms with E-state index in [4.69, 9.17) is 0 Å². The fraction of sp³-hybridized carbons (Fsp3) is 0.419. The van der Waals surface area contributed by atoms with E-state index in [-0.39, 0.29) is 5.82 Å². The Balaban J connectivity index is 1.49. The van der Waals surface area contributed by atoms with E-state index in [0.717, 1.165) is 17.0 Å². The van der Waals surface area contributed by atoms with Crippen LogP contribution in [0, 0.1) is 11.7 Å². The molecule has 0 radical (unpaired) electrons.